The molecule has 4 nitrogen and oxygen atoms in total. The number of hydrogen-bond acceptors (Lipinski definition) is 2. The Balaban J connectivity index is 2.62. The fourth-order valence-corrected chi connectivity index (χ4v) is 1.33. The highest BCUT2D eigenvalue weighted by Crippen LogP contribution is 2.10. The van der Waals surface area contributed by atoms with Gasteiger partial charge in [0.2, 0.25) is 0 Å². The Morgan fingerprint density at radius 1 is 1.67 bits per heavy atom. The third-order valence-electron chi connectivity index (χ3n) is 2.21. The van der Waals surface area contributed by atoms with Gasteiger partial charge in [-0.3, -0.25) is 4.79 Å². The van der Waals surface area contributed by atoms with Gasteiger partial charge in [-0.1, -0.05) is 25.4 Å². The van der Waals surface area contributed by atoms with Gasteiger partial charge in [-0.25, -0.2) is 0 Å². The quantitative estimate of drug-likeness (QED) is 0.733. The zero-order chi connectivity index (χ0) is 11.4. The lowest BCUT2D eigenvalue weighted by atomic mass is 10.1. The van der Waals surface area contributed by atoms with Gasteiger partial charge in [0.15, 0.2) is 0 Å². The van der Waals surface area contributed by atoms with E-state index in [2.05, 4.69) is 10.3 Å². The molecule has 0 fully saturated rings. The molecule has 0 bridgehead atoms. The Bertz CT molecular complexity index is 336. The van der Waals surface area contributed by atoms with Crippen LogP contribution in [-0.2, 0) is 0 Å². The first kappa shape index (κ1) is 12.1. The molecule has 0 radical (unpaired) electrons. The highest BCUT2D eigenvalue weighted by atomic mass is 35.5. The second-order valence-corrected chi connectivity index (χ2v) is 4.17. The fraction of sp³-hybridized carbons (Fsp3) is 0.500. The summed E-state index contributed by atoms with van der Waals surface area (Å²) in [6.07, 6.45) is 1.54. The van der Waals surface area contributed by atoms with Gasteiger partial charge in [0, 0.05) is 6.20 Å². The van der Waals surface area contributed by atoms with Crippen molar-refractivity contribution in [1.82, 2.24) is 10.3 Å². The van der Waals surface area contributed by atoms with Crippen LogP contribution in [0.4, 0.5) is 0 Å². The van der Waals surface area contributed by atoms with E-state index in [1.165, 1.54) is 0 Å². The van der Waals surface area contributed by atoms with Crippen LogP contribution in [-0.4, -0.2) is 28.6 Å². The summed E-state index contributed by atoms with van der Waals surface area (Å²) in [7, 11) is 0. The molecule has 0 saturated carbocycles. The molecular weight excluding hydrogens is 216 g/mol. The van der Waals surface area contributed by atoms with Crippen LogP contribution in [0, 0.1) is 5.92 Å². The van der Waals surface area contributed by atoms with E-state index in [-0.39, 0.29) is 24.5 Å². The Morgan fingerprint density at radius 3 is 2.73 bits per heavy atom. The average molecular weight is 231 g/mol. The summed E-state index contributed by atoms with van der Waals surface area (Å²) in [6, 6.07) is 1.31. The standard InChI is InChI=1S/C10H15ClN2O2/c1-6(2)9(5-14)13-10(15)8-3-7(11)4-12-8/h3-4,6,9,12,14H,5H2,1-2H3,(H,13,15). The molecule has 1 aromatic heterocycles. The molecule has 1 unspecified atom stereocenters. The summed E-state index contributed by atoms with van der Waals surface area (Å²) in [5.41, 5.74) is 0.402. The number of rotatable bonds is 4. The fourth-order valence-electron chi connectivity index (χ4n) is 1.17. The number of amides is 1. The number of carbonyl (C=O) groups is 1. The van der Waals surface area contributed by atoms with E-state index in [4.69, 9.17) is 16.7 Å². The summed E-state index contributed by atoms with van der Waals surface area (Å²) < 4.78 is 0. The van der Waals surface area contributed by atoms with E-state index in [0.717, 1.165) is 0 Å². The number of H-pyrrole nitrogens is 1. The third-order valence-corrected chi connectivity index (χ3v) is 2.43. The molecule has 84 valence electrons. The van der Waals surface area contributed by atoms with Crippen molar-refractivity contribution in [3.05, 3.63) is 23.0 Å². The van der Waals surface area contributed by atoms with Gasteiger partial charge >= 0.3 is 0 Å². The van der Waals surface area contributed by atoms with E-state index in [1.807, 2.05) is 13.8 Å². The van der Waals surface area contributed by atoms with Crippen LogP contribution in [0.3, 0.4) is 0 Å². The number of hydrogen-bond donors (Lipinski definition) is 3. The van der Waals surface area contributed by atoms with Gasteiger partial charge in [-0.2, -0.15) is 0 Å². The average Bonchev–Trinajstić information content (AvgIpc) is 2.60. The lowest BCUT2D eigenvalue weighted by Gasteiger charge is -2.19. The lowest BCUT2D eigenvalue weighted by molar-refractivity contribution is 0.0892. The summed E-state index contributed by atoms with van der Waals surface area (Å²) in [6.45, 7) is 3.80. The molecule has 0 aliphatic heterocycles. The number of aliphatic hydroxyl groups excluding tert-OH is 1. The summed E-state index contributed by atoms with van der Waals surface area (Å²) in [4.78, 5) is 14.4. The molecule has 1 heterocycles. The summed E-state index contributed by atoms with van der Waals surface area (Å²) in [5.74, 6) is -0.0703. The molecule has 1 rings (SSSR count). The molecule has 0 spiro atoms. The minimum absolute atomic E-state index is 0.0716. The maximum atomic E-state index is 11.6. The van der Waals surface area contributed by atoms with Crippen LogP contribution in [0.25, 0.3) is 0 Å². The van der Waals surface area contributed by atoms with Crippen molar-refractivity contribution in [2.24, 2.45) is 5.92 Å². The normalized spacial score (nSPS) is 12.9. The van der Waals surface area contributed by atoms with E-state index >= 15 is 0 Å². The van der Waals surface area contributed by atoms with Crippen molar-refractivity contribution in [1.29, 1.82) is 0 Å². The van der Waals surface area contributed by atoms with Crippen LogP contribution < -0.4 is 5.32 Å². The second-order valence-electron chi connectivity index (χ2n) is 3.74. The van der Waals surface area contributed by atoms with Crippen molar-refractivity contribution >= 4 is 17.5 Å². The molecule has 1 aromatic rings. The Kier molecular flexibility index (Phi) is 4.17. The topological polar surface area (TPSA) is 65.1 Å². The number of carbonyl (C=O) groups excluding carboxylic acids is 1. The lowest BCUT2D eigenvalue weighted by Crippen LogP contribution is -2.41. The van der Waals surface area contributed by atoms with Gasteiger partial charge in [-0.05, 0) is 12.0 Å². The first-order valence-corrected chi connectivity index (χ1v) is 5.18. The van der Waals surface area contributed by atoms with Crippen molar-refractivity contribution < 1.29 is 9.90 Å². The molecular formula is C10H15ClN2O2. The van der Waals surface area contributed by atoms with E-state index < -0.39 is 0 Å². The van der Waals surface area contributed by atoms with Crippen molar-refractivity contribution in [2.45, 2.75) is 19.9 Å². The predicted octanol–water partition coefficient (Wildman–Crippen LogP) is 1.41. The Morgan fingerprint density at radius 2 is 2.33 bits per heavy atom. The minimum atomic E-state index is -0.255. The van der Waals surface area contributed by atoms with Crippen LogP contribution in [0.5, 0.6) is 0 Å². The number of aromatic amines is 1. The van der Waals surface area contributed by atoms with Crippen molar-refractivity contribution in [3.63, 3.8) is 0 Å². The molecule has 0 aliphatic rings. The Labute approximate surface area is 93.6 Å². The van der Waals surface area contributed by atoms with Gasteiger partial charge in [0.05, 0.1) is 17.7 Å². The zero-order valence-corrected chi connectivity index (χ0v) is 9.51. The molecule has 3 N–H and O–H groups in total. The zero-order valence-electron chi connectivity index (χ0n) is 8.75. The molecule has 0 aliphatic carbocycles. The van der Waals surface area contributed by atoms with Crippen molar-refractivity contribution in [2.75, 3.05) is 6.61 Å². The van der Waals surface area contributed by atoms with Crippen LogP contribution in [0.15, 0.2) is 12.3 Å². The highest BCUT2D eigenvalue weighted by Gasteiger charge is 2.16. The highest BCUT2D eigenvalue weighted by molar-refractivity contribution is 6.30. The maximum absolute atomic E-state index is 11.6. The molecule has 0 aromatic carbocycles. The van der Waals surface area contributed by atoms with E-state index in [0.29, 0.717) is 10.7 Å². The summed E-state index contributed by atoms with van der Waals surface area (Å²) >= 11 is 5.68. The number of nitrogens with one attached hydrogen (secondary N) is 2. The van der Waals surface area contributed by atoms with Crippen LogP contribution in [0.2, 0.25) is 5.02 Å². The smallest absolute Gasteiger partial charge is 0.268 e. The minimum Gasteiger partial charge on any atom is -0.394 e. The van der Waals surface area contributed by atoms with Crippen LogP contribution in [0.1, 0.15) is 24.3 Å². The van der Waals surface area contributed by atoms with E-state index in [9.17, 15) is 4.79 Å². The van der Waals surface area contributed by atoms with Gasteiger partial charge in [0.25, 0.3) is 5.91 Å². The monoisotopic (exact) mass is 230 g/mol. The Hall–Kier alpha value is -1.00. The van der Waals surface area contributed by atoms with Crippen LogP contribution >= 0.6 is 11.6 Å². The molecule has 1 amide bonds. The third kappa shape index (κ3) is 3.25. The van der Waals surface area contributed by atoms with Crippen molar-refractivity contribution in [3.8, 4) is 0 Å². The predicted molar refractivity (Wildman–Crippen MR) is 59.0 cm³/mol. The molecule has 1 atom stereocenters. The number of aliphatic hydroxyl groups is 1. The molecule has 15 heavy (non-hydrogen) atoms. The number of halogens is 1. The molecule has 0 saturated heterocycles. The first-order valence-electron chi connectivity index (χ1n) is 4.80. The summed E-state index contributed by atoms with van der Waals surface area (Å²) in [5, 5.41) is 12.3. The van der Waals surface area contributed by atoms with Gasteiger partial charge in [0.1, 0.15) is 5.69 Å². The van der Waals surface area contributed by atoms with E-state index in [1.54, 1.807) is 12.3 Å². The SMILES string of the molecule is CC(C)C(CO)NC(=O)c1cc(Cl)c[nH]1. The van der Waals surface area contributed by atoms with Gasteiger partial charge in [-0.15, -0.1) is 0 Å². The largest absolute Gasteiger partial charge is 0.394 e. The maximum Gasteiger partial charge on any atom is 0.268 e. The van der Waals surface area contributed by atoms with Gasteiger partial charge < -0.3 is 15.4 Å². The first-order chi connectivity index (χ1) is 7.04. The number of aromatic nitrogens is 1. The second kappa shape index (κ2) is 5.19. The molecule has 5 heteroatoms.